The molecule has 0 amide bonds. The zero-order valence-electron chi connectivity index (χ0n) is 15.0. The van der Waals surface area contributed by atoms with Crippen LogP contribution >= 0.6 is 0 Å². The predicted molar refractivity (Wildman–Crippen MR) is 98.3 cm³/mol. The van der Waals surface area contributed by atoms with Gasteiger partial charge in [-0.25, -0.2) is 8.78 Å². The van der Waals surface area contributed by atoms with Gasteiger partial charge in [0.2, 0.25) is 0 Å². The molecule has 1 atom stereocenters. The zero-order chi connectivity index (χ0) is 18.1. The number of unbranched alkanes of at least 4 members (excludes halogenated alkanes) is 6. The summed E-state index contributed by atoms with van der Waals surface area (Å²) in [6, 6.07) is 4.13. The maximum absolute atomic E-state index is 13.8. The second-order valence-electron chi connectivity index (χ2n) is 6.82. The molecule has 1 aromatic carbocycles. The zero-order valence-corrected chi connectivity index (χ0v) is 15.0. The highest BCUT2D eigenvalue weighted by Crippen LogP contribution is 2.30. The second kappa shape index (κ2) is 10.1. The summed E-state index contributed by atoms with van der Waals surface area (Å²) in [7, 11) is 0. The summed E-state index contributed by atoms with van der Waals surface area (Å²) < 4.78 is 27.5. The Morgan fingerprint density at radius 1 is 1.04 bits per heavy atom. The monoisotopic (exact) mass is 343 g/mol. The summed E-state index contributed by atoms with van der Waals surface area (Å²) in [5, 5.41) is 8.74. The van der Waals surface area contributed by atoms with Gasteiger partial charge in [-0.3, -0.25) is 0 Å². The fraction of sp³-hybridized carbons (Fsp3) is 0.500. The molecule has 1 aliphatic rings. The summed E-state index contributed by atoms with van der Waals surface area (Å²) in [6.45, 7) is 2.23. The number of nitriles is 1. The molecule has 25 heavy (non-hydrogen) atoms. The highest BCUT2D eigenvalue weighted by atomic mass is 19.1. The first-order valence-electron chi connectivity index (χ1n) is 9.42. The van der Waals surface area contributed by atoms with E-state index in [1.807, 2.05) is 6.08 Å². The van der Waals surface area contributed by atoms with Gasteiger partial charge in [0.25, 0.3) is 0 Å². The minimum Gasteiger partial charge on any atom is -0.205 e. The van der Waals surface area contributed by atoms with Gasteiger partial charge in [-0.2, -0.15) is 5.26 Å². The van der Waals surface area contributed by atoms with E-state index in [1.54, 1.807) is 6.07 Å². The number of nitrogens with zero attached hydrogens (tertiary/aromatic N) is 1. The molecule has 134 valence electrons. The van der Waals surface area contributed by atoms with Crippen molar-refractivity contribution >= 4 is 0 Å². The van der Waals surface area contributed by atoms with Crippen molar-refractivity contribution in [3.05, 3.63) is 58.7 Å². The molecule has 0 fully saturated rings. The molecule has 0 saturated carbocycles. The van der Waals surface area contributed by atoms with Gasteiger partial charge in [0.1, 0.15) is 23.3 Å². The molecular weight excluding hydrogens is 316 g/mol. The minimum absolute atomic E-state index is 0.0189. The molecule has 0 bridgehead atoms. The third-order valence-corrected chi connectivity index (χ3v) is 4.85. The Morgan fingerprint density at radius 3 is 2.24 bits per heavy atom. The molecule has 0 aliphatic heterocycles. The molecule has 0 N–H and O–H groups in total. The summed E-state index contributed by atoms with van der Waals surface area (Å²) >= 11 is 0. The van der Waals surface area contributed by atoms with E-state index in [0.29, 0.717) is 5.56 Å². The standard InChI is InChI=1S/C22H27F2N/c1-2-3-4-5-6-7-8-9-17-10-12-18(13-11-17)19-14-21(23)20(16-25)22(24)15-19/h10-12,14-15,18H,2-9,13H2,1H3. The first-order valence-corrected chi connectivity index (χ1v) is 9.42. The van der Waals surface area contributed by atoms with Crippen LogP contribution in [-0.4, -0.2) is 0 Å². The maximum atomic E-state index is 13.8. The summed E-state index contributed by atoms with van der Waals surface area (Å²) in [4.78, 5) is 0. The van der Waals surface area contributed by atoms with Crippen LogP contribution in [0.5, 0.6) is 0 Å². The quantitative estimate of drug-likeness (QED) is 0.445. The van der Waals surface area contributed by atoms with Crippen LogP contribution < -0.4 is 0 Å². The van der Waals surface area contributed by atoms with Crippen LogP contribution in [0.4, 0.5) is 8.78 Å². The molecule has 0 aromatic heterocycles. The molecule has 1 aliphatic carbocycles. The number of rotatable bonds is 9. The highest BCUT2D eigenvalue weighted by molar-refractivity contribution is 5.39. The van der Waals surface area contributed by atoms with Crippen molar-refractivity contribution < 1.29 is 8.78 Å². The summed E-state index contributed by atoms with van der Waals surface area (Å²) in [6.07, 6.45) is 17.2. The molecule has 2 rings (SSSR count). The van der Waals surface area contributed by atoms with Gasteiger partial charge in [0.15, 0.2) is 0 Å². The molecule has 1 unspecified atom stereocenters. The molecule has 0 radical (unpaired) electrons. The van der Waals surface area contributed by atoms with Crippen molar-refractivity contribution in [2.75, 3.05) is 0 Å². The number of hydrogen-bond acceptors (Lipinski definition) is 1. The van der Waals surface area contributed by atoms with E-state index >= 15 is 0 Å². The van der Waals surface area contributed by atoms with E-state index in [0.717, 1.165) is 12.8 Å². The average Bonchev–Trinajstić information content (AvgIpc) is 2.61. The lowest BCUT2D eigenvalue weighted by atomic mass is 9.88. The second-order valence-corrected chi connectivity index (χ2v) is 6.82. The fourth-order valence-electron chi connectivity index (χ4n) is 3.30. The van der Waals surface area contributed by atoms with Gasteiger partial charge in [-0.1, -0.05) is 69.2 Å². The van der Waals surface area contributed by atoms with Crippen LogP contribution in [0.3, 0.4) is 0 Å². The van der Waals surface area contributed by atoms with E-state index in [2.05, 4.69) is 19.1 Å². The Kier molecular flexibility index (Phi) is 7.85. The van der Waals surface area contributed by atoms with Gasteiger partial charge in [0.05, 0.1) is 0 Å². The SMILES string of the molecule is CCCCCCCCCC1=CCC(c2cc(F)c(C#N)c(F)c2)C=C1. The first kappa shape index (κ1) is 19.4. The lowest BCUT2D eigenvalue weighted by Crippen LogP contribution is -2.02. The topological polar surface area (TPSA) is 23.8 Å². The number of hydrogen-bond donors (Lipinski definition) is 0. The van der Waals surface area contributed by atoms with Crippen molar-refractivity contribution in [2.24, 2.45) is 0 Å². The molecule has 0 heterocycles. The Balaban J connectivity index is 1.79. The van der Waals surface area contributed by atoms with Crippen molar-refractivity contribution in [2.45, 2.75) is 70.6 Å². The number of halogens is 2. The van der Waals surface area contributed by atoms with E-state index < -0.39 is 17.2 Å². The van der Waals surface area contributed by atoms with Crippen LogP contribution in [0.25, 0.3) is 0 Å². The Bertz CT molecular complexity index is 644. The van der Waals surface area contributed by atoms with Gasteiger partial charge in [-0.05, 0) is 37.0 Å². The third kappa shape index (κ3) is 5.81. The van der Waals surface area contributed by atoms with Crippen LogP contribution in [0.1, 0.15) is 81.8 Å². The van der Waals surface area contributed by atoms with Crippen molar-refractivity contribution in [3.63, 3.8) is 0 Å². The van der Waals surface area contributed by atoms with Crippen LogP contribution in [-0.2, 0) is 0 Å². The van der Waals surface area contributed by atoms with E-state index in [4.69, 9.17) is 5.26 Å². The predicted octanol–water partition coefficient (Wildman–Crippen LogP) is 6.95. The summed E-state index contributed by atoms with van der Waals surface area (Å²) in [5.74, 6) is -1.57. The fourth-order valence-corrected chi connectivity index (χ4v) is 3.30. The molecule has 3 heteroatoms. The number of benzene rings is 1. The van der Waals surface area contributed by atoms with Crippen LogP contribution in [0.2, 0.25) is 0 Å². The molecule has 1 aromatic rings. The lowest BCUT2D eigenvalue weighted by Gasteiger charge is -2.17. The van der Waals surface area contributed by atoms with Gasteiger partial charge >= 0.3 is 0 Å². The van der Waals surface area contributed by atoms with E-state index in [-0.39, 0.29) is 5.92 Å². The molecule has 0 saturated heterocycles. The maximum Gasteiger partial charge on any atom is 0.144 e. The normalized spacial score (nSPS) is 16.6. The highest BCUT2D eigenvalue weighted by Gasteiger charge is 2.16. The summed E-state index contributed by atoms with van der Waals surface area (Å²) in [5.41, 5.74) is 1.41. The molecule has 1 nitrogen and oxygen atoms in total. The Labute approximate surface area is 150 Å². The lowest BCUT2D eigenvalue weighted by molar-refractivity contribution is 0.570. The van der Waals surface area contributed by atoms with Gasteiger partial charge < -0.3 is 0 Å². The van der Waals surface area contributed by atoms with Crippen LogP contribution in [0.15, 0.2) is 35.9 Å². The van der Waals surface area contributed by atoms with Crippen molar-refractivity contribution in [1.82, 2.24) is 0 Å². The third-order valence-electron chi connectivity index (χ3n) is 4.85. The molecule has 0 spiro atoms. The van der Waals surface area contributed by atoms with Gasteiger partial charge in [0, 0.05) is 5.92 Å². The largest absolute Gasteiger partial charge is 0.205 e. The van der Waals surface area contributed by atoms with E-state index in [9.17, 15) is 8.78 Å². The van der Waals surface area contributed by atoms with Crippen LogP contribution in [0, 0.1) is 23.0 Å². The van der Waals surface area contributed by atoms with E-state index in [1.165, 1.54) is 62.7 Å². The average molecular weight is 343 g/mol. The Hall–Kier alpha value is -1.95. The Morgan fingerprint density at radius 2 is 1.68 bits per heavy atom. The minimum atomic E-state index is -0.774. The first-order chi connectivity index (χ1) is 12.2. The van der Waals surface area contributed by atoms with Crippen molar-refractivity contribution in [3.8, 4) is 6.07 Å². The number of allylic oxidation sites excluding steroid dienone is 4. The smallest absolute Gasteiger partial charge is 0.144 e. The van der Waals surface area contributed by atoms with Crippen molar-refractivity contribution in [1.29, 1.82) is 5.26 Å². The van der Waals surface area contributed by atoms with Gasteiger partial charge in [-0.15, -0.1) is 0 Å². The molecular formula is C22H27F2N.